The van der Waals surface area contributed by atoms with E-state index >= 15 is 0 Å². The number of imidazole rings is 1. The summed E-state index contributed by atoms with van der Waals surface area (Å²) in [7, 11) is 0. The highest BCUT2D eigenvalue weighted by atomic mass is 19.1. The molecule has 0 atom stereocenters. The SMILES string of the molecule is CCO[C@H]1CC[C@](C)(N2CCC(n3c(=O)[nH]c4ccc(F)cc43)CC2)CC1. The van der Waals surface area contributed by atoms with E-state index in [1.807, 2.05) is 0 Å². The highest BCUT2D eigenvalue weighted by Crippen LogP contribution is 2.38. The van der Waals surface area contributed by atoms with Crippen molar-refractivity contribution < 1.29 is 9.13 Å². The summed E-state index contributed by atoms with van der Waals surface area (Å²) in [5.41, 5.74) is 1.50. The van der Waals surface area contributed by atoms with Crippen LogP contribution in [0.15, 0.2) is 23.0 Å². The quantitative estimate of drug-likeness (QED) is 0.883. The molecule has 6 heteroatoms. The predicted octanol–water partition coefficient (Wildman–Crippen LogP) is 3.84. The number of hydrogen-bond donors (Lipinski definition) is 1. The second kappa shape index (κ2) is 7.40. The fourth-order valence-corrected chi connectivity index (χ4v) is 5.05. The smallest absolute Gasteiger partial charge is 0.326 e. The standard InChI is InChI=1S/C21H30FN3O2/c1-3-27-17-6-10-21(2,11-7-17)24-12-8-16(9-13-24)25-19-14-15(22)4-5-18(19)23-20(25)26/h4-5,14,16-17H,3,6-13H2,1-2H3,(H,23,26)/t17-,21-. The number of aromatic amines is 1. The van der Waals surface area contributed by atoms with Crippen molar-refractivity contribution in [1.82, 2.24) is 14.5 Å². The molecule has 2 fully saturated rings. The third kappa shape index (κ3) is 3.57. The van der Waals surface area contributed by atoms with Crippen LogP contribution in [0.4, 0.5) is 4.39 Å². The van der Waals surface area contributed by atoms with Gasteiger partial charge in [0.2, 0.25) is 0 Å². The van der Waals surface area contributed by atoms with E-state index in [9.17, 15) is 9.18 Å². The molecular weight excluding hydrogens is 345 g/mol. The van der Waals surface area contributed by atoms with Crippen molar-refractivity contribution in [3.05, 3.63) is 34.5 Å². The molecule has 4 rings (SSSR count). The number of H-pyrrole nitrogens is 1. The Morgan fingerprint density at radius 3 is 2.59 bits per heavy atom. The van der Waals surface area contributed by atoms with Crippen molar-refractivity contribution in [1.29, 1.82) is 0 Å². The Kier molecular flexibility index (Phi) is 5.12. The van der Waals surface area contributed by atoms with Crippen LogP contribution in [0.5, 0.6) is 0 Å². The fourth-order valence-electron chi connectivity index (χ4n) is 5.05. The Bertz CT molecular complexity index is 843. The maximum absolute atomic E-state index is 13.7. The Balaban J connectivity index is 1.45. The van der Waals surface area contributed by atoms with Gasteiger partial charge in [-0.05, 0) is 70.6 Å². The third-order valence-electron chi connectivity index (χ3n) is 6.68. The van der Waals surface area contributed by atoms with Gasteiger partial charge in [-0.2, -0.15) is 0 Å². The summed E-state index contributed by atoms with van der Waals surface area (Å²) in [6, 6.07) is 4.64. The lowest BCUT2D eigenvalue weighted by Gasteiger charge is -2.48. The molecule has 1 aromatic carbocycles. The number of likely N-dealkylation sites (tertiary alicyclic amines) is 1. The third-order valence-corrected chi connectivity index (χ3v) is 6.68. The van der Waals surface area contributed by atoms with Crippen molar-refractivity contribution in [3.8, 4) is 0 Å². The molecule has 27 heavy (non-hydrogen) atoms. The summed E-state index contributed by atoms with van der Waals surface area (Å²) < 4.78 is 21.3. The van der Waals surface area contributed by atoms with E-state index in [1.54, 1.807) is 10.6 Å². The van der Waals surface area contributed by atoms with Gasteiger partial charge in [0.1, 0.15) is 5.82 Å². The van der Waals surface area contributed by atoms with E-state index in [0.717, 1.165) is 45.4 Å². The van der Waals surface area contributed by atoms with Crippen molar-refractivity contribution >= 4 is 11.0 Å². The number of halogens is 1. The molecule has 2 aliphatic rings. The fraction of sp³-hybridized carbons (Fsp3) is 0.667. The van der Waals surface area contributed by atoms with Crippen LogP contribution in [-0.4, -0.2) is 45.8 Å². The van der Waals surface area contributed by atoms with Crippen molar-refractivity contribution in [2.75, 3.05) is 19.7 Å². The molecule has 1 aliphatic carbocycles. The van der Waals surface area contributed by atoms with Crippen molar-refractivity contribution in [2.45, 2.75) is 70.1 Å². The van der Waals surface area contributed by atoms with Crippen LogP contribution in [0, 0.1) is 5.82 Å². The zero-order chi connectivity index (χ0) is 19.0. The average molecular weight is 375 g/mol. The normalized spacial score (nSPS) is 28.0. The number of fused-ring (bicyclic) bond motifs is 1. The highest BCUT2D eigenvalue weighted by molar-refractivity contribution is 5.75. The number of rotatable bonds is 4. The lowest BCUT2D eigenvalue weighted by atomic mass is 9.79. The molecule has 1 aromatic heterocycles. The van der Waals surface area contributed by atoms with E-state index < -0.39 is 0 Å². The molecule has 1 saturated carbocycles. The van der Waals surface area contributed by atoms with Crippen molar-refractivity contribution in [2.24, 2.45) is 0 Å². The summed E-state index contributed by atoms with van der Waals surface area (Å²) in [4.78, 5) is 17.9. The number of aromatic nitrogens is 2. The Morgan fingerprint density at radius 2 is 1.93 bits per heavy atom. The Labute approximate surface area is 159 Å². The minimum atomic E-state index is -0.300. The Hall–Kier alpha value is -1.66. The van der Waals surface area contributed by atoms with Crippen LogP contribution in [0.25, 0.3) is 11.0 Å². The van der Waals surface area contributed by atoms with Crippen LogP contribution >= 0.6 is 0 Å². The first-order valence-electron chi connectivity index (χ1n) is 10.3. The van der Waals surface area contributed by atoms with Gasteiger partial charge >= 0.3 is 5.69 Å². The van der Waals surface area contributed by atoms with Gasteiger partial charge in [-0.15, -0.1) is 0 Å². The highest BCUT2D eigenvalue weighted by Gasteiger charge is 2.38. The minimum Gasteiger partial charge on any atom is -0.379 e. The predicted molar refractivity (Wildman–Crippen MR) is 105 cm³/mol. The number of benzene rings is 1. The van der Waals surface area contributed by atoms with Gasteiger partial charge in [0.15, 0.2) is 0 Å². The van der Waals surface area contributed by atoms with E-state index in [2.05, 4.69) is 23.7 Å². The molecule has 0 amide bonds. The molecule has 0 spiro atoms. The number of hydrogen-bond acceptors (Lipinski definition) is 3. The maximum Gasteiger partial charge on any atom is 0.326 e. The largest absolute Gasteiger partial charge is 0.379 e. The monoisotopic (exact) mass is 375 g/mol. The molecule has 148 valence electrons. The van der Waals surface area contributed by atoms with Gasteiger partial charge in [0.25, 0.3) is 0 Å². The zero-order valence-corrected chi connectivity index (χ0v) is 16.3. The van der Waals surface area contributed by atoms with E-state index in [-0.39, 0.29) is 23.1 Å². The molecule has 1 aliphatic heterocycles. The Morgan fingerprint density at radius 1 is 1.22 bits per heavy atom. The topological polar surface area (TPSA) is 50.3 Å². The van der Waals surface area contributed by atoms with Crippen LogP contribution in [0.2, 0.25) is 0 Å². The summed E-state index contributed by atoms with van der Waals surface area (Å²) in [6.07, 6.45) is 6.86. The molecule has 2 heterocycles. The molecular formula is C21H30FN3O2. The summed E-state index contributed by atoms with van der Waals surface area (Å²) in [5.74, 6) is -0.300. The van der Waals surface area contributed by atoms with E-state index in [4.69, 9.17) is 4.74 Å². The number of ether oxygens (including phenoxy) is 1. The molecule has 5 nitrogen and oxygen atoms in total. The summed E-state index contributed by atoms with van der Waals surface area (Å²) >= 11 is 0. The van der Waals surface area contributed by atoms with Gasteiger partial charge in [-0.1, -0.05) is 0 Å². The molecule has 1 N–H and O–H groups in total. The average Bonchev–Trinajstić information content (AvgIpc) is 2.99. The lowest BCUT2D eigenvalue weighted by Crippen LogP contribution is -2.53. The minimum absolute atomic E-state index is 0.127. The molecule has 1 saturated heterocycles. The number of piperidine rings is 1. The molecule has 0 unspecified atom stereocenters. The van der Waals surface area contributed by atoms with Crippen LogP contribution in [0.1, 0.15) is 58.4 Å². The van der Waals surface area contributed by atoms with Crippen LogP contribution in [0.3, 0.4) is 0 Å². The maximum atomic E-state index is 13.7. The summed E-state index contributed by atoms with van der Waals surface area (Å²) in [5, 5.41) is 0. The number of nitrogens with one attached hydrogen (secondary N) is 1. The second-order valence-electron chi connectivity index (χ2n) is 8.33. The van der Waals surface area contributed by atoms with Gasteiger partial charge < -0.3 is 9.72 Å². The second-order valence-corrected chi connectivity index (χ2v) is 8.33. The van der Waals surface area contributed by atoms with Gasteiger partial charge in [0.05, 0.1) is 17.1 Å². The molecule has 0 bridgehead atoms. The van der Waals surface area contributed by atoms with Crippen molar-refractivity contribution in [3.63, 3.8) is 0 Å². The lowest BCUT2D eigenvalue weighted by molar-refractivity contribution is -0.0273. The first-order valence-corrected chi connectivity index (χ1v) is 10.3. The zero-order valence-electron chi connectivity index (χ0n) is 16.3. The molecule has 0 radical (unpaired) electrons. The van der Waals surface area contributed by atoms with Gasteiger partial charge in [-0.3, -0.25) is 9.47 Å². The first kappa shape index (κ1) is 18.7. The summed E-state index contributed by atoms with van der Waals surface area (Å²) in [6.45, 7) is 7.20. The first-order chi connectivity index (χ1) is 13.0. The van der Waals surface area contributed by atoms with Crippen LogP contribution in [-0.2, 0) is 4.74 Å². The van der Waals surface area contributed by atoms with Crippen LogP contribution < -0.4 is 5.69 Å². The van der Waals surface area contributed by atoms with Gasteiger partial charge in [-0.25, -0.2) is 9.18 Å². The van der Waals surface area contributed by atoms with E-state index in [1.165, 1.54) is 25.0 Å². The number of nitrogens with zero attached hydrogens (tertiary/aromatic N) is 2. The molecule has 2 aromatic rings. The van der Waals surface area contributed by atoms with E-state index in [0.29, 0.717) is 17.1 Å². The van der Waals surface area contributed by atoms with Gasteiger partial charge in [0, 0.05) is 31.3 Å².